The fourth-order valence-corrected chi connectivity index (χ4v) is 2.04. The standard InChI is InChI=1S/C15H18N2OS/c1-4-18-12-7-5-6-11(8-12)13-9-14(19)17-15(16-13)10(2)3/h5-10H,4H2,1-3H3,(H,16,17,19). The van der Waals surface area contributed by atoms with Crippen LogP contribution in [0, 0.1) is 4.64 Å². The fourth-order valence-electron chi connectivity index (χ4n) is 1.83. The largest absolute Gasteiger partial charge is 0.494 e. The van der Waals surface area contributed by atoms with E-state index in [1.807, 2.05) is 37.3 Å². The summed E-state index contributed by atoms with van der Waals surface area (Å²) in [5, 5.41) is 0. The van der Waals surface area contributed by atoms with E-state index in [9.17, 15) is 0 Å². The second-order valence-corrected chi connectivity index (χ2v) is 5.05. The Morgan fingerprint density at radius 3 is 2.79 bits per heavy atom. The van der Waals surface area contributed by atoms with Crippen molar-refractivity contribution in [2.75, 3.05) is 6.61 Å². The molecule has 0 unspecified atom stereocenters. The van der Waals surface area contributed by atoms with Crippen molar-refractivity contribution in [1.82, 2.24) is 9.97 Å². The van der Waals surface area contributed by atoms with Crippen LogP contribution < -0.4 is 4.74 Å². The highest BCUT2D eigenvalue weighted by molar-refractivity contribution is 7.71. The van der Waals surface area contributed by atoms with Gasteiger partial charge < -0.3 is 9.72 Å². The molecule has 1 heterocycles. The monoisotopic (exact) mass is 274 g/mol. The molecular formula is C15H18N2OS. The number of nitrogens with zero attached hydrogens (tertiary/aromatic N) is 1. The lowest BCUT2D eigenvalue weighted by atomic mass is 10.1. The first-order valence-corrected chi connectivity index (χ1v) is 6.85. The number of aromatic amines is 1. The molecule has 0 aliphatic carbocycles. The second-order valence-electron chi connectivity index (χ2n) is 4.63. The van der Waals surface area contributed by atoms with E-state index in [0.29, 0.717) is 17.2 Å². The van der Waals surface area contributed by atoms with Gasteiger partial charge in [-0.3, -0.25) is 0 Å². The van der Waals surface area contributed by atoms with Crippen LogP contribution in [0.5, 0.6) is 5.75 Å². The van der Waals surface area contributed by atoms with Gasteiger partial charge in [-0.05, 0) is 25.1 Å². The molecule has 0 radical (unpaired) electrons. The van der Waals surface area contributed by atoms with Gasteiger partial charge in [-0.2, -0.15) is 0 Å². The molecule has 4 heteroatoms. The van der Waals surface area contributed by atoms with Gasteiger partial charge in [0, 0.05) is 17.2 Å². The molecule has 3 nitrogen and oxygen atoms in total. The first-order valence-electron chi connectivity index (χ1n) is 6.44. The second kappa shape index (κ2) is 5.97. The third-order valence-corrected chi connectivity index (χ3v) is 2.97. The smallest absolute Gasteiger partial charge is 0.130 e. The SMILES string of the molecule is CCOc1cccc(-c2cc(=S)nc(C(C)C)[nH]2)c1. The Bertz CT molecular complexity index is 620. The number of ether oxygens (including phenoxy) is 1. The van der Waals surface area contributed by atoms with Crippen molar-refractivity contribution < 1.29 is 4.74 Å². The van der Waals surface area contributed by atoms with Gasteiger partial charge in [-0.25, -0.2) is 4.98 Å². The minimum Gasteiger partial charge on any atom is -0.494 e. The minimum absolute atomic E-state index is 0.316. The number of hydrogen-bond acceptors (Lipinski definition) is 3. The highest BCUT2D eigenvalue weighted by Crippen LogP contribution is 2.23. The Morgan fingerprint density at radius 2 is 2.11 bits per heavy atom. The summed E-state index contributed by atoms with van der Waals surface area (Å²) in [7, 11) is 0. The molecule has 0 atom stereocenters. The number of benzene rings is 1. The number of aromatic nitrogens is 2. The average molecular weight is 274 g/mol. The van der Waals surface area contributed by atoms with E-state index in [0.717, 1.165) is 22.8 Å². The normalized spacial score (nSPS) is 10.7. The Hall–Kier alpha value is -1.68. The van der Waals surface area contributed by atoms with Crippen LogP contribution in [-0.4, -0.2) is 16.6 Å². The average Bonchev–Trinajstić information content (AvgIpc) is 2.38. The summed E-state index contributed by atoms with van der Waals surface area (Å²) >= 11 is 5.23. The first kappa shape index (κ1) is 13.7. The molecule has 100 valence electrons. The zero-order chi connectivity index (χ0) is 13.8. The van der Waals surface area contributed by atoms with Crippen LogP contribution in [0.25, 0.3) is 11.3 Å². The molecule has 0 aliphatic heterocycles. The van der Waals surface area contributed by atoms with E-state index in [1.165, 1.54) is 0 Å². The Morgan fingerprint density at radius 1 is 1.32 bits per heavy atom. The maximum atomic E-state index is 5.52. The summed E-state index contributed by atoms with van der Waals surface area (Å²) in [6, 6.07) is 9.85. The molecule has 0 spiro atoms. The summed E-state index contributed by atoms with van der Waals surface area (Å²) in [4.78, 5) is 7.68. The molecule has 0 fully saturated rings. The first-order chi connectivity index (χ1) is 9.10. The minimum atomic E-state index is 0.316. The predicted octanol–water partition coefficient (Wildman–Crippen LogP) is 4.33. The summed E-state index contributed by atoms with van der Waals surface area (Å²) < 4.78 is 6.13. The molecule has 19 heavy (non-hydrogen) atoms. The van der Waals surface area contributed by atoms with Crippen LogP contribution in [-0.2, 0) is 0 Å². The van der Waals surface area contributed by atoms with E-state index in [2.05, 4.69) is 23.8 Å². The Kier molecular flexibility index (Phi) is 4.32. The molecular weight excluding hydrogens is 256 g/mol. The Balaban J connectivity index is 2.46. The van der Waals surface area contributed by atoms with E-state index in [1.54, 1.807) is 0 Å². The molecule has 1 N–H and O–H groups in total. The van der Waals surface area contributed by atoms with Crippen molar-refractivity contribution in [3.8, 4) is 17.0 Å². The van der Waals surface area contributed by atoms with Crippen LogP contribution >= 0.6 is 12.2 Å². The lowest BCUT2D eigenvalue weighted by molar-refractivity contribution is 0.340. The molecule has 0 aliphatic rings. The van der Waals surface area contributed by atoms with E-state index < -0.39 is 0 Å². The quantitative estimate of drug-likeness (QED) is 0.843. The highest BCUT2D eigenvalue weighted by Gasteiger charge is 2.06. The molecule has 0 saturated heterocycles. The van der Waals surface area contributed by atoms with Gasteiger partial charge in [0.25, 0.3) is 0 Å². The summed E-state index contributed by atoms with van der Waals surface area (Å²) in [5.74, 6) is 2.09. The van der Waals surface area contributed by atoms with E-state index in [-0.39, 0.29) is 0 Å². The number of hydrogen-bond donors (Lipinski definition) is 1. The topological polar surface area (TPSA) is 37.9 Å². The van der Waals surface area contributed by atoms with Crippen molar-refractivity contribution in [2.45, 2.75) is 26.7 Å². The maximum absolute atomic E-state index is 5.52. The lowest BCUT2D eigenvalue weighted by Gasteiger charge is -2.10. The fraction of sp³-hybridized carbons (Fsp3) is 0.333. The van der Waals surface area contributed by atoms with Crippen molar-refractivity contribution in [2.24, 2.45) is 0 Å². The van der Waals surface area contributed by atoms with E-state index >= 15 is 0 Å². The van der Waals surface area contributed by atoms with Gasteiger partial charge in [-0.1, -0.05) is 38.2 Å². The van der Waals surface area contributed by atoms with Crippen molar-refractivity contribution in [1.29, 1.82) is 0 Å². The van der Waals surface area contributed by atoms with Crippen LogP contribution in [0.4, 0.5) is 0 Å². The van der Waals surface area contributed by atoms with E-state index in [4.69, 9.17) is 17.0 Å². The Labute approximate surface area is 118 Å². The van der Waals surface area contributed by atoms with Crippen LogP contribution in [0.1, 0.15) is 32.5 Å². The lowest BCUT2D eigenvalue weighted by Crippen LogP contribution is -1.99. The van der Waals surface area contributed by atoms with Crippen LogP contribution in [0.2, 0.25) is 0 Å². The van der Waals surface area contributed by atoms with Crippen LogP contribution in [0.15, 0.2) is 30.3 Å². The highest BCUT2D eigenvalue weighted by atomic mass is 32.1. The van der Waals surface area contributed by atoms with Gasteiger partial charge in [0.2, 0.25) is 0 Å². The maximum Gasteiger partial charge on any atom is 0.130 e. The number of H-pyrrole nitrogens is 1. The molecule has 0 bridgehead atoms. The zero-order valence-electron chi connectivity index (χ0n) is 11.4. The van der Waals surface area contributed by atoms with Crippen LogP contribution in [0.3, 0.4) is 0 Å². The van der Waals surface area contributed by atoms with Crippen molar-refractivity contribution in [3.63, 3.8) is 0 Å². The summed E-state index contributed by atoms with van der Waals surface area (Å²) in [6.07, 6.45) is 0. The summed E-state index contributed by atoms with van der Waals surface area (Å²) in [6.45, 7) is 6.82. The molecule has 1 aromatic carbocycles. The summed E-state index contributed by atoms with van der Waals surface area (Å²) in [5.41, 5.74) is 2.03. The molecule has 2 aromatic rings. The molecule has 0 saturated carbocycles. The predicted molar refractivity (Wildman–Crippen MR) is 80.1 cm³/mol. The number of rotatable bonds is 4. The van der Waals surface area contributed by atoms with Gasteiger partial charge in [0.1, 0.15) is 16.2 Å². The van der Waals surface area contributed by atoms with Gasteiger partial charge >= 0.3 is 0 Å². The molecule has 2 rings (SSSR count). The van der Waals surface area contributed by atoms with Gasteiger partial charge in [-0.15, -0.1) is 0 Å². The van der Waals surface area contributed by atoms with Gasteiger partial charge in [0.05, 0.1) is 6.61 Å². The third kappa shape index (κ3) is 3.41. The van der Waals surface area contributed by atoms with Crippen molar-refractivity contribution >= 4 is 12.2 Å². The number of nitrogens with one attached hydrogen (secondary N) is 1. The molecule has 1 aromatic heterocycles. The van der Waals surface area contributed by atoms with Crippen molar-refractivity contribution in [3.05, 3.63) is 40.8 Å². The third-order valence-electron chi connectivity index (χ3n) is 2.76. The van der Waals surface area contributed by atoms with Gasteiger partial charge in [0.15, 0.2) is 0 Å². The molecule has 0 amide bonds. The zero-order valence-corrected chi connectivity index (χ0v) is 12.3.